The maximum Gasteiger partial charge on any atom is 0.276 e. The van der Waals surface area contributed by atoms with Crippen LogP contribution in [0, 0.1) is 6.92 Å². The smallest absolute Gasteiger partial charge is 0.276 e. The van der Waals surface area contributed by atoms with Crippen molar-refractivity contribution >= 4 is 16.2 Å². The van der Waals surface area contributed by atoms with E-state index < -0.39 is 10.0 Å². The number of aromatic amines is 1. The Kier molecular flexibility index (Phi) is 5.38. The molecule has 0 atom stereocenters. The summed E-state index contributed by atoms with van der Waals surface area (Å²) in [5.74, 6) is 0. The highest BCUT2D eigenvalue weighted by atomic mass is 32.2. The van der Waals surface area contributed by atoms with E-state index in [4.69, 9.17) is 0 Å². The number of hydrazone groups is 1. The van der Waals surface area contributed by atoms with Crippen molar-refractivity contribution in [3.05, 3.63) is 71.4 Å². The molecular weight excluding hydrogens is 372 g/mol. The van der Waals surface area contributed by atoms with Crippen LogP contribution in [0.25, 0.3) is 11.3 Å². The number of aryl methyl sites for hydroxylation is 1. The first-order chi connectivity index (χ1) is 13.2. The Morgan fingerprint density at radius 3 is 2.29 bits per heavy atom. The second-order valence-electron chi connectivity index (χ2n) is 7.69. The van der Waals surface area contributed by atoms with E-state index in [9.17, 15) is 8.42 Å². The molecule has 0 unspecified atom stereocenters. The van der Waals surface area contributed by atoms with Gasteiger partial charge in [-0.1, -0.05) is 62.7 Å². The Hall–Kier alpha value is -2.93. The molecule has 0 fully saturated rings. The monoisotopic (exact) mass is 396 g/mol. The van der Waals surface area contributed by atoms with E-state index in [0.717, 1.165) is 22.4 Å². The average Bonchev–Trinajstić information content (AvgIpc) is 3.10. The zero-order valence-electron chi connectivity index (χ0n) is 16.4. The van der Waals surface area contributed by atoms with Crippen LogP contribution in [0.5, 0.6) is 0 Å². The highest BCUT2D eigenvalue weighted by Gasteiger charge is 2.17. The molecule has 0 aliphatic heterocycles. The number of H-pyrrole nitrogens is 1. The minimum absolute atomic E-state index is 0.0401. The quantitative estimate of drug-likeness (QED) is 0.505. The molecule has 1 heterocycles. The largest absolute Gasteiger partial charge is 0.277 e. The second kappa shape index (κ2) is 7.59. The van der Waals surface area contributed by atoms with Crippen molar-refractivity contribution in [1.82, 2.24) is 15.0 Å². The molecule has 0 spiro atoms. The van der Waals surface area contributed by atoms with Crippen LogP contribution >= 0.6 is 0 Å². The fourth-order valence-corrected chi connectivity index (χ4v) is 3.49. The third-order valence-corrected chi connectivity index (χ3v) is 5.65. The molecule has 6 nitrogen and oxygen atoms in total. The van der Waals surface area contributed by atoms with Crippen LogP contribution in [0.15, 0.2) is 64.7 Å². The third-order valence-electron chi connectivity index (χ3n) is 4.42. The molecule has 1 aromatic heterocycles. The molecule has 3 rings (SSSR count). The van der Waals surface area contributed by atoms with Crippen molar-refractivity contribution in [2.75, 3.05) is 0 Å². The van der Waals surface area contributed by atoms with Crippen molar-refractivity contribution in [3.8, 4) is 11.3 Å². The zero-order chi connectivity index (χ0) is 20.4. The van der Waals surface area contributed by atoms with Gasteiger partial charge in [0.05, 0.1) is 23.0 Å². The summed E-state index contributed by atoms with van der Waals surface area (Å²) in [4.78, 5) is 2.43. The fraction of sp³-hybridized carbons (Fsp3) is 0.238. The summed E-state index contributed by atoms with van der Waals surface area (Å²) in [7, 11) is -3.74. The first-order valence-corrected chi connectivity index (χ1v) is 10.4. The van der Waals surface area contributed by atoms with Crippen molar-refractivity contribution in [3.63, 3.8) is 0 Å². The Labute approximate surface area is 165 Å². The molecular formula is C21H24N4O2S. The standard InChI is InChI=1S/C21H24N4O2S/c1-15-5-7-16(8-6-15)20-17(13-22-24-20)14-23-25-28(26,27)19-11-9-18(10-12-19)21(2,3)4/h5-14,25H,1-4H3,(H,22,24). The first kappa shape index (κ1) is 19.8. The maximum absolute atomic E-state index is 12.5. The van der Waals surface area contributed by atoms with Crippen LogP contribution in [-0.4, -0.2) is 24.8 Å². The summed E-state index contributed by atoms with van der Waals surface area (Å²) < 4.78 is 24.9. The molecule has 7 heteroatoms. The molecule has 0 bridgehead atoms. The second-order valence-corrected chi connectivity index (χ2v) is 9.35. The number of hydrogen-bond acceptors (Lipinski definition) is 4. The zero-order valence-corrected chi connectivity index (χ0v) is 17.2. The lowest BCUT2D eigenvalue weighted by molar-refractivity contribution is 0.580. The van der Waals surface area contributed by atoms with Crippen LogP contribution in [-0.2, 0) is 15.4 Å². The van der Waals surface area contributed by atoms with Gasteiger partial charge in [-0.15, -0.1) is 0 Å². The summed E-state index contributed by atoms with van der Waals surface area (Å²) in [5, 5.41) is 10.9. The Bertz CT molecular complexity index is 1070. The van der Waals surface area contributed by atoms with Crippen molar-refractivity contribution < 1.29 is 8.42 Å². The number of nitrogens with one attached hydrogen (secondary N) is 2. The van der Waals surface area contributed by atoms with E-state index in [2.05, 4.69) is 40.9 Å². The number of nitrogens with zero attached hydrogens (tertiary/aromatic N) is 2. The number of hydrogen-bond donors (Lipinski definition) is 2. The normalized spacial score (nSPS) is 12.4. The van der Waals surface area contributed by atoms with Gasteiger partial charge in [0.15, 0.2) is 0 Å². The van der Waals surface area contributed by atoms with Gasteiger partial charge in [0.2, 0.25) is 0 Å². The highest BCUT2D eigenvalue weighted by Crippen LogP contribution is 2.23. The number of benzene rings is 2. The van der Waals surface area contributed by atoms with Gasteiger partial charge in [0, 0.05) is 11.1 Å². The van der Waals surface area contributed by atoms with Crippen LogP contribution < -0.4 is 4.83 Å². The number of rotatable bonds is 5. The molecule has 2 aromatic carbocycles. The SMILES string of the molecule is Cc1ccc(-c2[nH]ncc2C=NNS(=O)(=O)c2ccc(C(C)(C)C)cc2)cc1. The van der Waals surface area contributed by atoms with E-state index in [-0.39, 0.29) is 10.3 Å². The Balaban J connectivity index is 1.76. The predicted octanol–water partition coefficient (Wildman–Crippen LogP) is 4.00. The molecule has 146 valence electrons. The van der Waals surface area contributed by atoms with Crippen molar-refractivity contribution in [1.29, 1.82) is 0 Å². The van der Waals surface area contributed by atoms with Gasteiger partial charge in [-0.2, -0.15) is 18.6 Å². The lowest BCUT2D eigenvalue weighted by atomic mass is 9.87. The third kappa shape index (κ3) is 4.48. The molecule has 0 amide bonds. The van der Waals surface area contributed by atoms with Gasteiger partial charge in [-0.3, -0.25) is 5.10 Å². The molecule has 0 radical (unpaired) electrons. The summed E-state index contributed by atoms with van der Waals surface area (Å²) in [6.45, 7) is 8.25. The summed E-state index contributed by atoms with van der Waals surface area (Å²) in [6, 6.07) is 14.8. The van der Waals surface area contributed by atoms with E-state index in [1.54, 1.807) is 18.3 Å². The van der Waals surface area contributed by atoms with E-state index in [1.165, 1.54) is 6.21 Å². The van der Waals surface area contributed by atoms with Crippen LogP contribution in [0.2, 0.25) is 0 Å². The molecule has 28 heavy (non-hydrogen) atoms. The Morgan fingerprint density at radius 2 is 1.68 bits per heavy atom. The molecule has 0 saturated heterocycles. The van der Waals surface area contributed by atoms with Crippen molar-refractivity contribution in [2.24, 2.45) is 5.10 Å². The minimum Gasteiger partial charge on any atom is -0.277 e. The molecule has 2 N–H and O–H groups in total. The molecule has 0 aliphatic rings. The average molecular weight is 397 g/mol. The van der Waals surface area contributed by atoms with Gasteiger partial charge < -0.3 is 0 Å². The van der Waals surface area contributed by atoms with Gasteiger partial charge in [0.25, 0.3) is 10.0 Å². The maximum atomic E-state index is 12.5. The van der Waals surface area contributed by atoms with Gasteiger partial charge in [0.1, 0.15) is 0 Å². The van der Waals surface area contributed by atoms with E-state index >= 15 is 0 Å². The molecule has 0 saturated carbocycles. The van der Waals surface area contributed by atoms with Gasteiger partial charge in [-0.25, -0.2) is 4.83 Å². The predicted molar refractivity (Wildman–Crippen MR) is 112 cm³/mol. The lowest BCUT2D eigenvalue weighted by Gasteiger charge is -2.19. The lowest BCUT2D eigenvalue weighted by Crippen LogP contribution is -2.19. The van der Waals surface area contributed by atoms with E-state index in [1.807, 2.05) is 43.3 Å². The molecule has 3 aromatic rings. The first-order valence-electron chi connectivity index (χ1n) is 8.93. The fourth-order valence-electron chi connectivity index (χ4n) is 2.70. The number of sulfonamides is 1. The molecule has 0 aliphatic carbocycles. The minimum atomic E-state index is -3.74. The highest BCUT2D eigenvalue weighted by molar-refractivity contribution is 7.89. The van der Waals surface area contributed by atoms with Gasteiger partial charge in [-0.05, 0) is 30.0 Å². The van der Waals surface area contributed by atoms with E-state index in [0.29, 0.717) is 5.56 Å². The van der Waals surface area contributed by atoms with Crippen LogP contribution in [0.4, 0.5) is 0 Å². The van der Waals surface area contributed by atoms with Crippen molar-refractivity contribution in [2.45, 2.75) is 38.0 Å². The Morgan fingerprint density at radius 1 is 1.04 bits per heavy atom. The van der Waals surface area contributed by atoms with Crippen LogP contribution in [0.1, 0.15) is 37.5 Å². The van der Waals surface area contributed by atoms with Crippen LogP contribution in [0.3, 0.4) is 0 Å². The summed E-state index contributed by atoms with van der Waals surface area (Å²) >= 11 is 0. The number of aromatic nitrogens is 2. The summed E-state index contributed by atoms with van der Waals surface area (Å²) in [6.07, 6.45) is 3.05. The summed E-state index contributed by atoms with van der Waals surface area (Å²) in [5.41, 5.74) is 4.60. The topological polar surface area (TPSA) is 87.2 Å². The van der Waals surface area contributed by atoms with Gasteiger partial charge >= 0.3 is 0 Å².